The molecule has 8 heteroatoms. The zero-order valence-electron chi connectivity index (χ0n) is 10.3. The molecule has 1 heterocycles. The van der Waals surface area contributed by atoms with E-state index in [1.54, 1.807) is 0 Å². The Labute approximate surface area is 119 Å². The third kappa shape index (κ3) is 2.91. The predicted molar refractivity (Wildman–Crippen MR) is 74.9 cm³/mol. The monoisotopic (exact) mass is 313 g/mol. The van der Waals surface area contributed by atoms with Gasteiger partial charge in [-0.15, -0.1) is 11.3 Å². The summed E-state index contributed by atoms with van der Waals surface area (Å²) in [6.07, 6.45) is 0. The van der Waals surface area contributed by atoms with Gasteiger partial charge in [0.05, 0.1) is 5.69 Å². The van der Waals surface area contributed by atoms with Gasteiger partial charge < -0.3 is 10.2 Å². The largest absolute Gasteiger partial charge is 0.508 e. The molecule has 1 aromatic carbocycles. The first-order valence-electron chi connectivity index (χ1n) is 5.45. The quantitative estimate of drug-likeness (QED) is 0.803. The summed E-state index contributed by atoms with van der Waals surface area (Å²) in [6.45, 7) is 1.54. The minimum atomic E-state index is -3.89. The van der Waals surface area contributed by atoms with E-state index >= 15 is 0 Å². The Kier molecular flexibility index (Phi) is 3.69. The molecule has 20 heavy (non-hydrogen) atoms. The van der Waals surface area contributed by atoms with E-state index in [2.05, 4.69) is 4.72 Å². The molecule has 2 rings (SSSR count). The zero-order valence-corrected chi connectivity index (χ0v) is 12.0. The second-order valence-electron chi connectivity index (χ2n) is 3.99. The molecule has 3 N–H and O–H groups in total. The molecule has 0 fully saturated rings. The van der Waals surface area contributed by atoms with Gasteiger partial charge in [-0.25, -0.2) is 13.2 Å². The number of sulfonamides is 1. The maximum absolute atomic E-state index is 12.2. The van der Waals surface area contributed by atoms with Gasteiger partial charge in [0.2, 0.25) is 0 Å². The summed E-state index contributed by atoms with van der Waals surface area (Å²) in [5.41, 5.74) is 0.201. The van der Waals surface area contributed by atoms with E-state index in [-0.39, 0.29) is 21.2 Å². The minimum absolute atomic E-state index is 0.0428. The normalized spacial score (nSPS) is 11.2. The molecule has 0 aliphatic rings. The van der Waals surface area contributed by atoms with Gasteiger partial charge in [-0.2, -0.15) is 0 Å². The number of benzene rings is 1. The van der Waals surface area contributed by atoms with Crippen LogP contribution in [0.5, 0.6) is 5.75 Å². The van der Waals surface area contributed by atoms with Gasteiger partial charge >= 0.3 is 5.97 Å². The number of phenolic OH excluding ortho intramolecular Hbond substituents is 1. The molecule has 0 spiro atoms. The van der Waals surface area contributed by atoms with Gasteiger partial charge in [-0.1, -0.05) is 6.07 Å². The minimum Gasteiger partial charge on any atom is -0.508 e. The molecule has 0 saturated carbocycles. The number of phenols is 1. The van der Waals surface area contributed by atoms with Crippen LogP contribution in [0.25, 0.3) is 0 Å². The molecule has 0 bridgehead atoms. The first-order chi connectivity index (χ1) is 9.29. The second kappa shape index (κ2) is 5.14. The third-order valence-corrected chi connectivity index (χ3v) is 5.15. The van der Waals surface area contributed by atoms with E-state index in [1.165, 1.54) is 31.2 Å². The van der Waals surface area contributed by atoms with Crippen molar-refractivity contribution in [3.05, 3.63) is 40.1 Å². The molecule has 1 aromatic heterocycles. The van der Waals surface area contributed by atoms with Crippen molar-refractivity contribution < 1.29 is 23.4 Å². The highest BCUT2D eigenvalue weighted by molar-refractivity contribution is 7.93. The Morgan fingerprint density at radius 3 is 2.55 bits per heavy atom. The Morgan fingerprint density at radius 1 is 1.30 bits per heavy atom. The van der Waals surface area contributed by atoms with Crippen LogP contribution in [0.2, 0.25) is 0 Å². The van der Waals surface area contributed by atoms with Crippen molar-refractivity contribution in [2.75, 3.05) is 4.72 Å². The Bertz CT molecular complexity index is 764. The number of aryl methyl sites for hydroxylation is 1. The lowest BCUT2D eigenvalue weighted by atomic mass is 10.3. The summed E-state index contributed by atoms with van der Waals surface area (Å²) in [4.78, 5) is 11.1. The van der Waals surface area contributed by atoms with E-state index in [0.29, 0.717) is 4.88 Å². The van der Waals surface area contributed by atoms with Crippen molar-refractivity contribution >= 4 is 33.0 Å². The van der Waals surface area contributed by atoms with Gasteiger partial charge in [0.1, 0.15) is 15.5 Å². The van der Waals surface area contributed by atoms with Crippen molar-refractivity contribution in [2.24, 2.45) is 0 Å². The number of carboxylic acids is 1. The van der Waals surface area contributed by atoms with Crippen molar-refractivity contribution in [1.82, 2.24) is 0 Å². The second-order valence-corrected chi connectivity index (χ2v) is 6.90. The highest BCUT2D eigenvalue weighted by Gasteiger charge is 2.22. The summed E-state index contributed by atoms with van der Waals surface area (Å²) in [7, 11) is -3.89. The molecule has 6 nitrogen and oxygen atoms in total. The van der Waals surface area contributed by atoms with Crippen LogP contribution in [0.3, 0.4) is 0 Å². The number of carboxylic acid groups (broad SMARTS) is 1. The van der Waals surface area contributed by atoms with Gasteiger partial charge in [-0.3, -0.25) is 4.72 Å². The van der Waals surface area contributed by atoms with Crippen LogP contribution in [0.1, 0.15) is 14.5 Å². The molecule has 106 valence electrons. The van der Waals surface area contributed by atoms with Crippen LogP contribution in [0.4, 0.5) is 5.69 Å². The number of hydrogen-bond acceptors (Lipinski definition) is 5. The SMILES string of the molecule is Cc1sc(C(=O)O)cc1S(=O)(=O)Nc1cccc(O)c1. The fourth-order valence-corrected chi connectivity index (χ4v) is 4.10. The molecular formula is C12H11NO5S2. The molecule has 0 amide bonds. The summed E-state index contributed by atoms with van der Waals surface area (Å²) in [5.74, 6) is -1.24. The summed E-state index contributed by atoms with van der Waals surface area (Å²) >= 11 is 0.895. The molecular weight excluding hydrogens is 302 g/mol. The number of rotatable bonds is 4. The van der Waals surface area contributed by atoms with Crippen LogP contribution < -0.4 is 4.72 Å². The molecule has 2 aromatic rings. The summed E-state index contributed by atoms with van der Waals surface area (Å²) in [5, 5.41) is 18.2. The maximum Gasteiger partial charge on any atom is 0.345 e. The van der Waals surface area contributed by atoms with Crippen LogP contribution in [0.15, 0.2) is 35.2 Å². The van der Waals surface area contributed by atoms with Crippen molar-refractivity contribution in [3.8, 4) is 5.75 Å². The molecule has 0 atom stereocenters. The lowest BCUT2D eigenvalue weighted by Crippen LogP contribution is -2.13. The topological polar surface area (TPSA) is 104 Å². The van der Waals surface area contributed by atoms with Gasteiger partial charge in [0, 0.05) is 10.9 Å². The van der Waals surface area contributed by atoms with Gasteiger partial charge in [-0.05, 0) is 25.1 Å². The number of nitrogens with one attached hydrogen (secondary N) is 1. The van der Waals surface area contributed by atoms with E-state index in [9.17, 15) is 18.3 Å². The molecule has 0 aliphatic carbocycles. The third-order valence-electron chi connectivity index (χ3n) is 2.47. The average Bonchev–Trinajstić information content (AvgIpc) is 2.71. The summed E-state index contributed by atoms with van der Waals surface area (Å²) in [6, 6.07) is 6.77. The Balaban J connectivity index is 2.38. The van der Waals surface area contributed by atoms with Crippen molar-refractivity contribution in [2.45, 2.75) is 11.8 Å². The number of thiophene rings is 1. The molecule has 0 saturated heterocycles. The van der Waals surface area contributed by atoms with E-state index in [1.807, 2.05) is 0 Å². The van der Waals surface area contributed by atoms with Crippen LogP contribution in [0, 0.1) is 6.92 Å². The number of carbonyl (C=O) groups is 1. The van der Waals surface area contributed by atoms with E-state index in [0.717, 1.165) is 17.4 Å². The predicted octanol–water partition coefficient (Wildman–Crippen LogP) is 2.26. The van der Waals surface area contributed by atoms with Crippen molar-refractivity contribution in [3.63, 3.8) is 0 Å². The first-order valence-corrected chi connectivity index (χ1v) is 7.75. The molecule has 0 aliphatic heterocycles. The van der Waals surface area contributed by atoms with Gasteiger partial charge in [0.15, 0.2) is 0 Å². The van der Waals surface area contributed by atoms with E-state index in [4.69, 9.17) is 5.11 Å². The first kappa shape index (κ1) is 14.4. The maximum atomic E-state index is 12.2. The van der Waals surface area contributed by atoms with Gasteiger partial charge in [0.25, 0.3) is 10.0 Å². The number of hydrogen-bond donors (Lipinski definition) is 3. The standard InChI is InChI=1S/C12H11NO5S2/c1-7-11(6-10(19-7)12(15)16)20(17,18)13-8-3-2-4-9(14)5-8/h2-6,13-14H,1H3,(H,15,16). The van der Waals surface area contributed by atoms with Crippen LogP contribution in [-0.2, 0) is 10.0 Å². The molecule has 0 unspecified atom stereocenters. The number of aromatic hydroxyl groups is 1. The van der Waals surface area contributed by atoms with Crippen molar-refractivity contribution in [1.29, 1.82) is 0 Å². The highest BCUT2D eigenvalue weighted by atomic mass is 32.2. The average molecular weight is 313 g/mol. The van der Waals surface area contributed by atoms with Crippen LogP contribution in [-0.4, -0.2) is 24.6 Å². The number of aromatic carboxylic acids is 1. The lowest BCUT2D eigenvalue weighted by molar-refractivity contribution is 0.0702. The summed E-state index contributed by atoms with van der Waals surface area (Å²) < 4.78 is 26.7. The van der Waals surface area contributed by atoms with E-state index < -0.39 is 16.0 Å². The highest BCUT2D eigenvalue weighted by Crippen LogP contribution is 2.28. The Morgan fingerprint density at radius 2 is 2.00 bits per heavy atom. The Hall–Kier alpha value is -2.06. The lowest BCUT2D eigenvalue weighted by Gasteiger charge is -2.07. The number of anilines is 1. The fraction of sp³-hybridized carbons (Fsp3) is 0.0833. The smallest absolute Gasteiger partial charge is 0.345 e. The fourth-order valence-electron chi connectivity index (χ4n) is 1.62. The van der Waals surface area contributed by atoms with Crippen LogP contribution >= 0.6 is 11.3 Å². The molecule has 0 radical (unpaired) electrons. The zero-order chi connectivity index (χ0) is 14.9.